The minimum Gasteiger partial charge on any atom is -0.364 e. The van der Waals surface area contributed by atoms with E-state index in [1.807, 2.05) is 61.5 Å². The fourth-order valence-electron chi connectivity index (χ4n) is 2.07. The molecular formula is C19H20BrN5S2. The molecule has 0 aliphatic rings. The summed E-state index contributed by atoms with van der Waals surface area (Å²) in [5.74, 6) is 0. The van der Waals surface area contributed by atoms with Crippen LogP contribution in [0.15, 0.2) is 69.3 Å². The molecule has 0 aliphatic heterocycles. The lowest BCUT2D eigenvalue weighted by molar-refractivity contribution is 0.974. The Kier molecular flexibility index (Phi) is 8.50. The van der Waals surface area contributed by atoms with E-state index in [1.54, 1.807) is 7.05 Å². The summed E-state index contributed by atoms with van der Waals surface area (Å²) in [4.78, 5) is 0.650. The highest BCUT2D eigenvalue weighted by atomic mass is 79.9. The van der Waals surface area contributed by atoms with Crippen molar-refractivity contribution in [3.05, 3.63) is 70.2 Å². The van der Waals surface area contributed by atoms with Gasteiger partial charge in [-0.2, -0.15) is 10.2 Å². The van der Waals surface area contributed by atoms with Crippen molar-refractivity contribution < 1.29 is 0 Å². The van der Waals surface area contributed by atoms with Gasteiger partial charge in [0.2, 0.25) is 0 Å². The van der Waals surface area contributed by atoms with Crippen LogP contribution in [-0.4, -0.2) is 28.6 Å². The highest BCUT2D eigenvalue weighted by Crippen LogP contribution is 2.14. The number of nitrogens with one attached hydrogen (secondary N) is 3. The van der Waals surface area contributed by atoms with E-state index < -0.39 is 0 Å². The van der Waals surface area contributed by atoms with Gasteiger partial charge in [-0.15, -0.1) is 0 Å². The molecule has 0 amide bonds. The predicted octanol–water partition coefficient (Wildman–Crippen LogP) is 3.98. The molecule has 0 bridgehead atoms. The first-order valence-corrected chi connectivity index (χ1v) is 9.89. The average molecular weight is 462 g/mol. The van der Waals surface area contributed by atoms with Gasteiger partial charge in [0.25, 0.3) is 0 Å². The van der Waals surface area contributed by atoms with Crippen LogP contribution in [0, 0.1) is 0 Å². The lowest BCUT2D eigenvalue weighted by Crippen LogP contribution is -2.32. The normalized spacial score (nSPS) is 11.7. The third-order valence-electron chi connectivity index (χ3n) is 3.50. The first-order chi connectivity index (χ1) is 13.0. The SMILES string of the molecule is CCC(=S)NN=C(C(=NNC(=S)NC)c1ccc(Br)cc1)c1ccccc1. The maximum atomic E-state index is 5.26. The lowest BCUT2D eigenvalue weighted by Gasteiger charge is -2.13. The van der Waals surface area contributed by atoms with Gasteiger partial charge in [0.05, 0.1) is 4.99 Å². The van der Waals surface area contributed by atoms with Gasteiger partial charge in [-0.05, 0) is 30.8 Å². The molecule has 140 valence electrons. The Morgan fingerprint density at radius 1 is 0.889 bits per heavy atom. The predicted molar refractivity (Wildman–Crippen MR) is 124 cm³/mol. The minimum absolute atomic E-state index is 0.411. The van der Waals surface area contributed by atoms with E-state index in [0.717, 1.165) is 15.6 Å². The van der Waals surface area contributed by atoms with Crippen molar-refractivity contribution in [2.24, 2.45) is 10.2 Å². The van der Waals surface area contributed by atoms with Crippen LogP contribution in [0.2, 0.25) is 0 Å². The smallest absolute Gasteiger partial charge is 0.186 e. The van der Waals surface area contributed by atoms with Crippen LogP contribution in [-0.2, 0) is 0 Å². The number of hydrogen-bond acceptors (Lipinski definition) is 4. The van der Waals surface area contributed by atoms with Crippen molar-refractivity contribution in [1.82, 2.24) is 16.2 Å². The standard InChI is InChI=1S/C19H20BrN5S2/c1-3-16(26)22-23-17(13-7-5-4-6-8-13)18(24-25-19(27)21-2)14-9-11-15(20)12-10-14/h4-12H,3H2,1-2H3,(H,22,26)(H2,21,25,27). The molecule has 0 aliphatic carbocycles. The van der Waals surface area contributed by atoms with Crippen molar-refractivity contribution in [1.29, 1.82) is 0 Å². The molecule has 2 aromatic carbocycles. The molecule has 0 atom stereocenters. The highest BCUT2D eigenvalue weighted by molar-refractivity contribution is 9.10. The van der Waals surface area contributed by atoms with Crippen LogP contribution in [0.5, 0.6) is 0 Å². The maximum absolute atomic E-state index is 5.26. The van der Waals surface area contributed by atoms with Crippen molar-refractivity contribution in [2.75, 3.05) is 7.05 Å². The van der Waals surface area contributed by atoms with Crippen LogP contribution < -0.4 is 16.2 Å². The van der Waals surface area contributed by atoms with E-state index in [-0.39, 0.29) is 0 Å². The number of halogens is 1. The molecule has 0 aromatic heterocycles. The summed E-state index contributed by atoms with van der Waals surface area (Å²) in [6, 6.07) is 17.6. The highest BCUT2D eigenvalue weighted by Gasteiger charge is 2.16. The van der Waals surface area contributed by atoms with E-state index in [4.69, 9.17) is 24.4 Å². The second kappa shape index (κ2) is 10.9. The molecule has 0 saturated carbocycles. The number of nitrogens with zero attached hydrogens (tertiary/aromatic N) is 2. The van der Waals surface area contributed by atoms with Gasteiger partial charge in [0.15, 0.2) is 5.11 Å². The first kappa shape index (κ1) is 21.1. The van der Waals surface area contributed by atoms with E-state index in [9.17, 15) is 0 Å². The second-order valence-corrected chi connectivity index (χ2v) is 7.19. The quantitative estimate of drug-likeness (QED) is 0.345. The molecule has 27 heavy (non-hydrogen) atoms. The fraction of sp³-hybridized carbons (Fsp3) is 0.158. The summed E-state index contributed by atoms with van der Waals surface area (Å²) in [5.41, 5.74) is 8.88. The molecule has 2 rings (SSSR count). The summed E-state index contributed by atoms with van der Waals surface area (Å²) in [6.45, 7) is 1.98. The summed E-state index contributed by atoms with van der Waals surface area (Å²) in [6.07, 6.45) is 0.702. The van der Waals surface area contributed by atoms with Gasteiger partial charge in [-0.1, -0.05) is 77.5 Å². The number of rotatable bonds is 6. The molecule has 0 heterocycles. The zero-order valence-corrected chi connectivity index (χ0v) is 18.2. The van der Waals surface area contributed by atoms with Crippen molar-refractivity contribution in [2.45, 2.75) is 13.3 Å². The Bertz CT molecular complexity index is 848. The van der Waals surface area contributed by atoms with Crippen LogP contribution in [0.3, 0.4) is 0 Å². The molecule has 3 N–H and O–H groups in total. The zero-order chi connectivity index (χ0) is 19.6. The molecule has 0 unspecified atom stereocenters. The van der Waals surface area contributed by atoms with E-state index >= 15 is 0 Å². The first-order valence-electron chi connectivity index (χ1n) is 8.28. The van der Waals surface area contributed by atoms with Crippen molar-refractivity contribution in [3.8, 4) is 0 Å². The Morgan fingerprint density at radius 2 is 1.44 bits per heavy atom. The Balaban J connectivity index is 2.56. The molecule has 0 fully saturated rings. The maximum Gasteiger partial charge on any atom is 0.186 e. The third kappa shape index (κ3) is 6.50. The topological polar surface area (TPSA) is 60.8 Å². The average Bonchev–Trinajstić information content (AvgIpc) is 2.71. The van der Waals surface area contributed by atoms with Crippen LogP contribution >= 0.6 is 40.4 Å². The number of benzene rings is 2. The summed E-state index contributed by atoms with van der Waals surface area (Å²) in [7, 11) is 1.73. The number of hydrogen-bond donors (Lipinski definition) is 3. The van der Waals surface area contributed by atoms with E-state index in [0.29, 0.717) is 27.9 Å². The van der Waals surface area contributed by atoms with Crippen LogP contribution in [0.25, 0.3) is 0 Å². The van der Waals surface area contributed by atoms with Gasteiger partial charge < -0.3 is 5.32 Å². The van der Waals surface area contributed by atoms with Gasteiger partial charge in [0, 0.05) is 22.6 Å². The zero-order valence-electron chi connectivity index (χ0n) is 15.0. The fourth-order valence-corrected chi connectivity index (χ4v) is 2.43. The minimum atomic E-state index is 0.411. The van der Waals surface area contributed by atoms with E-state index in [2.05, 4.69) is 42.3 Å². The Hall–Kier alpha value is -2.16. The van der Waals surface area contributed by atoms with Crippen LogP contribution in [0.4, 0.5) is 0 Å². The molecule has 5 nitrogen and oxygen atoms in total. The molecule has 8 heteroatoms. The van der Waals surface area contributed by atoms with Gasteiger partial charge >= 0.3 is 0 Å². The molecular weight excluding hydrogens is 442 g/mol. The summed E-state index contributed by atoms with van der Waals surface area (Å²) < 4.78 is 0.979. The van der Waals surface area contributed by atoms with E-state index in [1.165, 1.54) is 0 Å². The van der Waals surface area contributed by atoms with Crippen molar-refractivity contribution in [3.63, 3.8) is 0 Å². The van der Waals surface area contributed by atoms with Gasteiger partial charge in [-0.25, -0.2) is 0 Å². The summed E-state index contributed by atoms with van der Waals surface area (Å²) in [5, 5.41) is 12.3. The Labute approximate surface area is 178 Å². The molecule has 2 aromatic rings. The number of hydrazone groups is 2. The lowest BCUT2D eigenvalue weighted by atomic mass is 10.00. The van der Waals surface area contributed by atoms with Crippen LogP contribution in [0.1, 0.15) is 24.5 Å². The molecule has 0 radical (unpaired) electrons. The summed E-state index contributed by atoms with van der Waals surface area (Å²) >= 11 is 13.9. The molecule has 0 saturated heterocycles. The second-order valence-electron chi connectivity index (χ2n) is 5.37. The molecule has 0 spiro atoms. The number of thiocarbonyl (C=S) groups is 2. The van der Waals surface area contributed by atoms with Gasteiger partial charge in [-0.3, -0.25) is 10.9 Å². The largest absolute Gasteiger partial charge is 0.364 e. The van der Waals surface area contributed by atoms with Gasteiger partial charge in [0.1, 0.15) is 11.4 Å². The third-order valence-corrected chi connectivity index (χ3v) is 4.70. The Morgan fingerprint density at radius 3 is 2.00 bits per heavy atom. The monoisotopic (exact) mass is 461 g/mol. The van der Waals surface area contributed by atoms with Crippen molar-refractivity contribution >= 4 is 61.9 Å².